The van der Waals surface area contributed by atoms with Crippen LogP contribution < -0.4 is 5.43 Å². The summed E-state index contributed by atoms with van der Waals surface area (Å²) >= 11 is 0. The Hall–Kier alpha value is -2.36. The molecule has 86 valence electrons. The highest BCUT2D eigenvalue weighted by atomic mass is 16.4. The summed E-state index contributed by atoms with van der Waals surface area (Å²) in [6.07, 6.45) is 3.11. The average Bonchev–Trinajstić information content (AvgIpc) is 2.28. The van der Waals surface area contributed by atoms with Crippen LogP contribution in [0.25, 0.3) is 11.1 Å². The van der Waals surface area contributed by atoms with Crippen molar-refractivity contribution in [1.82, 2.24) is 4.98 Å². The summed E-state index contributed by atoms with van der Waals surface area (Å²) in [7, 11) is 0. The Bertz CT molecular complexity index is 629. The number of hydrogen-bond donors (Lipinski definition) is 2. The summed E-state index contributed by atoms with van der Waals surface area (Å²) in [6, 6.07) is 6.28. The third-order valence-electron chi connectivity index (χ3n) is 2.46. The lowest BCUT2D eigenvalue weighted by Crippen LogP contribution is -2.04. The van der Waals surface area contributed by atoms with E-state index in [1.54, 1.807) is 31.5 Å². The molecule has 1 aromatic carbocycles. The van der Waals surface area contributed by atoms with Gasteiger partial charge in [0.05, 0.1) is 5.56 Å². The van der Waals surface area contributed by atoms with Crippen LogP contribution in [-0.2, 0) is 0 Å². The maximum atomic E-state index is 11.6. The molecule has 2 N–H and O–H groups in total. The molecule has 0 radical (unpaired) electrons. The predicted octanol–water partition coefficient (Wildman–Crippen LogP) is 2.05. The first-order valence-electron chi connectivity index (χ1n) is 5.10. The topological polar surface area (TPSA) is 70.2 Å². The van der Waals surface area contributed by atoms with Gasteiger partial charge in [0, 0.05) is 24.0 Å². The van der Waals surface area contributed by atoms with Gasteiger partial charge in [-0.05, 0) is 30.2 Å². The van der Waals surface area contributed by atoms with Crippen LogP contribution in [0, 0.1) is 6.92 Å². The number of aryl methyl sites for hydroxylation is 1. The molecule has 4 nitrogen and oxygen atoms in total. The quantitative estimate of drug-likeness (QED) is 0.827. The van der Waals surface area contributed by atoms with E-state index in [0.717, 1.165) is 5.56 Å². The average molecular weight is 229 g/mol. The third kappa shape index (κ3) is 2.25. The van der Waals surface area contributed by atoms with Gasteiger partial charge in [0.25, 0.3) is 0 Å². The summed E-state index contributed by atoms with van der Waals surface area (Å²) in [5, 5.41) is 8.96. The second-order valence-corrected chi connectivity index (χ2v) is 3.82. The Balaban J connectivity index is 2.64. The molecule has 0 saturated heterocycles. The second kappa shape index (κ2) is 4.25. The van der Waals surface area contributed by atoms with Crippen molar-refractivity contribution in [2.45, 2.75) is 6.92 Å². The van der Waals surface area contributed by atoms with Crippen molar-refractivity contribution >= 4 is 5.97 Å². The number of rotatable bonds is 2. The van der Waals surface area contributed by atoms with Crippen molar-refractivity contribution in [1.29, 1.82) is 0 Å². The molecule has 2 aromatic rings. The van der Waals surface area contributed by atoms with Gasteiger partial charge in [0.15, 0.2) is 5.43 Å². The van der Waals surface area contributed by atoms with Crippen molar-refractivity contribution in [2.24, 2.45) is 0 Å². The van der Waals surface area contributed by atoms with Gasteiger partial charge in [-0.2, -0.15) is 0 Å². The monoisotopic (exact) mass is 229 g/mol. The van der Waals surface area contributed by atoms with E-state index in [-0.39, 0.29) is 11.0 Å². The summed E-state index contributed by atoms with van der Waals surface area (Å²) < 4.78 is 0. The molecule has 0 aliphatic heterocycles. The molecule has 0 aliphatic rings. The molecule has 2 rings (SSSR count). The molecule has 0 bridgehead atoms. The fraction of sp³-hybridized carbons (Fsp3) is 0.0769. The second-order valence-electron chi connectivity index (χ2n) is 3.82. The van der Waals surface area contributed by atoms with Crippen LogP contribution in [0.1, 0.15) is 15.9 Å². The molecule has 4 heteroatoms. The van der Waals surface area contributed by atoms with Crippen LogP contribution in [0.3, 0.4) is 0 Å². The molecule has 0 unspecified atom stereocenters. The minimum absolute atomic E-state index is 0.134. The Morgan fingerprint density at radius 2 is 2.06 bits per heavy atom. The van der Waals surface area contributed by atoms with Gasteiger partial charge >= 0.3 is 5.97 Å². The lowest BCUT2D eigenvalue weighted by Gasteiger charge is -2.04. The van der Waals surface area contributed by atoms with E-state index < -0.39 is 5.97 Å². The molecule has 1 heterocycles. The minimum Gasteiger partial charge on any atom is -0.478 e. The number of carboxylic acid groups (broad SMARTS) is 1. The lowest BCUT2D eigenvalue weighted by molar-refractivity contribution is 0.0697. The van der Waals surface area contributed by atoms with Gasteiger partial charge in [-0.15, -0.1) is 0 Å². The van der Waals surface area contributed by atoms with Crippen molar-refractivity contribution < 1.29 is 9.90 Å². The van der Waals surface area contributed by atoms with Crippen LogP contribution in [-0.4, -0.2) is 16.1 Å². The number of nitrogens with one attached hydrogen (secondary N) is 1. The Morgan fingerprint density at radius 1 is 1.29 bits per heavy atom. The highest BCUT2D eigenvalue weighted by Gasteiger charge is 2.08. The maximum absolute atomic E-state index is 11.6. The van der Waals surface area contributed by atoms with Crippen molar-refractivity contribution in [3.63, 3.8) is 0 Å². The van der Waals surface area contributed by atoms with Gasteiger partial charge in [-0.1, -0.05) is 6.07 Å². The number of benzene rings is 1. The molecule has 1 aromatic heterocycles. The van der Waals surface area contributed by atoms with Gasteiger partial charge in [-0.25, -0.2) is 4.79 Å². The van der Waals surface area contributed by atoms with E-state index >= 15 is 0 Å². The first kappa shape index (κ1) is 11.1. The van der Waals surface area contributed by atoms with Crippen molar-refractivity contribution in [3.8, 4) is 11.1 Å². The summed E-state index contributed by atoms with van der Waals surface area (Å²) in [5.41, 5.74) is 1.94. The summed E-state index contributed by atoms with van der Waals surface area (Å²) in [4.78, 5) is 25.4. The largest absolute Gasteiger partial charge is 0.478 e. The minimum atomic E-state index is -0.998. The van der Waals surface area contributed by atoms with E-state index in [1.165, 1.54) is 12.1 Å². The van der Waals surface area contributed by atoms with E-state index in [0.29, 0.717) is 11.1 Å². The lowest BCUT2D eigenvalue weighted by atomic mass is 10.0. The molecular weight excluding hydrogens is 218 g/mol. The van der Waals surface area contributed by atoms with E-state index in [9.17, 15) is 9.59 Å². The smallest absolute Gasteiger partial charge is 0.335 e. The fourth-order valence-corrected chi connectivity index (χ4v) is 1.70. The molecule has 0 spiro atoms. The zero-order valence-electron chi connectivity index (χ0n) is 9.23. The first-order chi connectivity index (χ1) is 8.08. The van der Waals surface area contributed by atoms with E-state index in [2.05, 4.69) is 4.98 Å². The Labute approximate surface area is 97.6 Å². The fourth-order valence-electron chi connectivity index (χ4n) is 1.70. The van der Waals surface area contributed by atoms with Crippen LogP contribution in [0.5, 0.6) is 0 Å². The van der Waals surface area contributed by atoms with Crippen molar-refractivity contribution in [3.05, 3.63) is 58.0 Å². The zero-order valence-corrected chi connectivity index (χ0v) is 9.23. The van der Waals surface area contributed by atoms with Crippen molar-refractivity contribution in [2.75, 3.05) is 0 Å². The number of H-pyrrole nitrogens is 1. The number of aromatic amines is 1. The normalized spacial score (nSPS) is 10.2. The number of aromatic carboxylic acids is 1. The Kier molecular flexibility index (Phi) is 2.78. The zero-order chi connectivity index (χ0) is 12.4. The molecule has 17 heavy (non-hydrogen) atoms. The summed E-state index contributed by atoms with van der Waals surface area (Å²) in [5.74, 6) is -0.998. The molecule has 0 fully saturated rings. The van der Waals surface area contributed by atoms with Gasteiger partial charge in [-0.3, -0.25) is 4.79 Å². The van der Waals surface area contributed by atoms with Crippen LogP contribution in [0.4, 0.5) is 0 Å². The number of aromatic nitrogens is 1. The Morgan fingerprint density at radius 3 is 2.71 bits per heavy atom. The number of carbonyl (C=O) groups is 1. The molecule has 0 atom stereocenters. The predicted molar refractivity (Wildman–Crippen MR) is 64.2 cm³/mol. The molecule has 0 amide bonds. The van der Waals surface area contributed by atoms with E-state index in [4.69, 9.17) is 5.11 Å². The first-order valence-corrected chi connectivity index (χ1v) is 5.10. The van der Waals surface area contributed by atoms with Gasteiger partial charge < -0.3 is 10.1 Å². The SMILES string of the molecule is Cc1cc(C(=O)O)cc(-c2c[nH]ccc2=O)c1. The highest BCUT2D eigenvalue weighted by molar-refractivity contribution is 5.89. The standard InChI is InChI=1S/C13H11NO3/c1-8-4-9(6-10(5-8)13(16)17)11-7-14-3-2-12(11)15/h2-7H,1H3,(H,14,15)(H,16,17). The number of hydrogen-bond acceptors (Lipinski definition) is 2. The molecule has 0 saturated carbocycles. The third-order valence-corrected chi connectivity index (χ3v) is 2.46. The highest BCUT2D eigenvalue weighted by Crippen LogP contribution is 2.18. The number of pyridine rings is 1. The summed E-state index contributed by atoms with van der Waals surface area (Å²) in [6.45, 7) is 1.80. The number of carboxylic acids is 1. The van der Waals surface area contributed by atoms with Gasteiger partial charge in [0.1, 0.15) is 0 Å². The van der Waals surface area contributed by atoms with Crippen LogP contribution >= 0.6 is 0 Å². The molecule has 0 aliphatic carbocycles. The molecular formula is C13H11NO3. The maximum Gasteiger partial charge on any atom is 0.335 e. The van der Waals surface area contributed by atoms with Gasteiger partial charge in [0.2, 0.25) is 0 Å². The van der Waals surface area contributed by atoms with Crippen LogP contribution in [0.15, 0.2) is 41.5 Å². The van der Waals surface area contributed by atoms with Crippen LogP contribution in [0.2, 0.25) is 0 Å². The van der Waals surface area contributed by atoms with E-state index in [1.807, 2.05) is 0 Å².